The molecule has 2 rings (SSSR count). The number of hydrogen-bond acceptors (Lipinski definition) is 2. The summed E-state index contributed by atoms with van der Waals surface area (Å²) >= 11 is 11.6. The lowest BCUT2D eigenvalue weighted by atomic mass is 10.1. The molecule has 5 heteroatoms. The van der Waals surface area contributed by atoms with Crippen molar-refractivity contribution in [2.75, 3.05) is 0 Å². The molecule has 0 bridgehead atoms. The van der Waals surface area contributed by atoms with Crippen molar-refractivity contribution in [2.45, 2.75) is 6.42 Å². The number of rotatable bonds is 2. The zero-order chi connectivity index (χ0) is 11.5. The van der Waals surface area contributed by atoms with Gasteiger partial charge in [0.1, 0.15) is 16.8 Å². The van der Waals surface area contributed by atoms with Crippen LogP contribution in [0.5, 0.6) is 0 Å². The Labute approximate surface area is 102 Å². The van der Waals surface area contributed by atoms with E-state index in [2.05, 4.69) is 9.97 Å². The van der Waals surface area contributed by atoms with Crippen molar-refractivity contribution in [2.24, 2.45) is 0 Å². The Kier molecular flexibility index (Phi) is 3.36. The highest BCUT2D eigenvalue weighted by Crippen LogP contribution is 2.21. The van der Waals surface area contributed by atoms with Crippen molar-refractivity contribution < 1.29 is 4.39 Å². The second-order valence-corrected chi connectivity index (χ2v) is 3.97. The largest absolute Gasteiger partial charge is 0.241 e. The van der Waals surface area contributed by atoms with Crippen LogP contribution in [0.3, 0.4) is 0 Å². The van der Waals surface area contributed by atoms with Crippen LogP contribution >= 0.6 is 23.2 Å². The van der Waals surface area contributed by atoms with Gasteiger partial charge in [0.25, 0.3) is 0 Å². The predicted octanol–water partition coefficient (Wildman–Crippen LogP) is 3.51. The van der Waals surface area contributed by atoms with E-state index in [0.717, 1.165) is 0 Å². The molecule has 2 nitrogen and oxygen atoms in total. The molecule has 0 amide bonds. The molecule has 0 radical (unpaired) electrons. The highest BCUT2D eigenvalue weighted by atomic mass is 35.5. The third-order valence-electron chi connectivity index (χ3n) is 2.07. The topological polar surface area (TPSA) is 25.8 Å². The van der Waals surface area contributed by atoms with Crippen LogP contribution in [-0.2, 0) is 6.42 Å². The molecule has 0 unspecified atom stereocenters. The van der Waals surface area contributed by atoms with E-state index in [1.165, 1.54) is 12.3 Å². The van der Waals surface area contributed by atoms with Gasteiger partial charge in [0, 0.05) is 23.2 Å². The molecule has 0 atom stereocenters. The fourth-order valence-corrected chi connectivity index (χ4v) is 1.70. The summed E-state index contributed by atoms with van der Waals surface area (Å²) in [4.78, 5) is 7.98. The normalized spacial score (nSPS) is 10.4. The molecule has 0 saturated heterocycles. The maximum atomic E-state index is 13.5. The van der Waals surface area contributed by atoms with Crippen LogP contribution < -0.4 is 0 Å². The summed E-state index contributed by atoms with van der Waals surface area (Å²) in [7, 11) is 0. The number of halogens is 3. The fourth-order valence-electron chi connectivity index (χ4n) is 1.32. The van der Waals surface area contributed by atoms with Crippen molar-refractivity contribution in [3.05, 3.63) is 57.8 Å². The van der Waals surface area contributed by atoms with Crippen molar-refractivity contribution in [1.82, 2.24) is 9.97 Å². The van der Waals surface area contributed by atoms with Crippen LogP contribution in [0.1, 0.15) is 11.4 Å². The molecule has 0 saturated carbocycles. The molecule has 2 aromatic rings. The standard InChI is InChI=1S/C11H7Cl2FN2/c12-8-2-1-3-9(14)7(8)6-11-15-5-4-10(13)16-11/h1-5H,6H2. The first kappa shape index (κ1) is 11.3. The van der Waals surface area contributed by atoms with E-state index in [9.17, 15) is 4.39 Å². The summed E-state index contributed by atoms with van der Waals surface area (Å²) in [5.74, 6) is 0.0792. The molecule has 82 valence electrons. The van der Waals surface area contributed by atoms with Gasteiger partial charge in [-0.2, -0.15) is 0 Å². The summed E-state index contributed by atoms with van der Waals surface area (Å²) in [6, 6.07) is 6.10. The predicted molar refractivity (Wildman–Crippen MR) is 61.3 cm³/mol. The summed E-state index contributed by atoms with van der Waals surface area (Å²) < 4.78 is 13.5. The molecule has 1 heterocycles. The zero-order valence-corrected chi connectivity index (χ0v) is 9.63. The molecular weight excluding hydrogens is 250 g/mol. The summed E-state index contributed by atoms with van der Waals surface area (Å²) in [6.07, 6.45) is 1.76. The first-order valence-corrected chi connectivity index (χ1v) is 5.33. The molecule has 1 aromatic heterocycles. The number of nitrogens with zero attached hydrogens (tertiary/aromatic N) is 2. The third-order valence-corrected chi connectivity index (χ3v) is 2.63. The van der Waals surface area contributed by atoms with Crippen LogP contribution in [0.25, 0.3) is 0 Å². The van der Waals surface area contributed by atoms with Crippen molar-refractivity contribution >= 4 is 23.2 Å². The summed E-state index contributed by atoms with van der Waals surface area (Å²) in [5.41, 5.74) is 0.381. The molecule has 0 aliphatic heterocycles. The molecule has 0 aliphatic carbocycles. The highest BCUT2D eigenvalue weighted by molar-refractivity contribution is 6.31. The van der Waals surface area contributed by atoms with Crippen molar-refractivity contribution in [1.29, 1.82) is 0 Å². The maximum Gasteiger partial charge on any atom is 0.134 e. The van der Waals surface area contributed by atoms with E-state index < -0.39 is 0 Å². The lowest BCUT2D eigenvalue weighted by molar-refractivity contribution is 0.612. The van der Waals surface area contributed by atoms with Crippen molar-refractivity contribution in [3.8, 4) is 0 Å². The zero-order valence-electron chi connectivity index (χ0n) is 8.12. The third kappa shape index (κ3) is 2.49. The van der Waals surface area contributed by atoms with E-state index in [4.69, 9.17) is 23.2 Å². The van der Waals surface area contributed by atoms with E-state index in [1.54, 1.807) is 18.2 Å². The Hall–Kier alpha value is -1.19. The fraction of sp³-hybridized carbons (Fsp3) is 0.0909. The van der Waals surface area contributed by atoms with Gasteiger partial charge in [0.15, 0.2) is 0 Å². The van der Waals surface area contributed by atoms with Gasteiger partial charge < -0.3 is 0 Å². The van der Waals surface area contributed by atoms with Crippen LogP contribution in [0, 0.1) is 5.82 Å². The smallest absolute Gasteiger partial charge is 0.134 e. The Morgan fingerprint density at radius 2 is 2.00 bits per heavy atom. The molecule has 0 aliphatic rings. The molecular formula is C11H7Cl2FN2. The van der Waals surface area contributed by atoms with E-state index in [-0.39, 0.29) is 12.2 Å². The quantitative estimate of drug-likeness (QED) is 0.769. The maximum absolute atomic E-state index is 13.5. The Bertz CT molecular complexity index is 497. The van der Waals surface area contributed by atoms with E-state index in [1.807, 2.05) is 0 Å². The first-order valence-electron chi connectivity index (χ1n) is 4.57. The average molecular weight is 257 g/mol. The first-order chi connectivity index (χ1) is 7.66. The van der Waals surface area contributed by atoms with Gasteiger partial charge in [-0.05, 0) is 18.2 Å². The Morgan fingerprint density at radius 3 is 2.69 bits per heavy atom. The van der Waals surface area contributed by atoms with Gasteiger partial charge in [0.2, 0.25) is 0 Å². The van der Waals surface area contributed by atoms with Crippen LogP contribution in [0.2, 0.25) is 10.2 Å². The minimum Gasteiger partial charge on any atom is -0.241 e. The Morgan fingerprint density at radius 1 is 1.19 bits per heavy atom. The second-order valence-electron chi connectivity index (χ2n) is 3.17. The SMILES string of the molecule is Fc1cccc(Cl)c1Cc1nccc(Cl)n1. The van der Waals surface area contributed by atoms with Gasteiger partial charge in [-0.1, -0.05) is 29.3 Å². The average Bonchev–Trinajstić information content (AvgIpc) is 2.24. The number of aromatic nitrogens is 2. The molecule has 0 fully saturated rings. The minimum absolute atomic E-state index is 0.228. The highest BCUT2D eigenvalue weighted by Gasteiger charge is 2.09. The van der Waals surface area contributed by atoms with Gasteiger partial charge in [-0.15, -0.1) is 0 Å². The monoisotopic (exact) mass is 256 g/mol. The lowest BCUT2D eigenvalue weighted by Gasteiger charge is -2.04. The lowest BCUT2D eigenvalue weighted by Crippen LogP contribution is -1.99. The van der Waals surface area contributed by atoms with Crippen LogP contribution in [0.4, 0.5) is 4.39 Å². The molecule has 1 aromatic carbocycles. The van der Waals surface area contributed by atoms with Gasteiger partial charge in [-0.3, -0.25) is 0 Å². The van der Waals surface area contributed by atoms with Gasteiger partial charge in [0.05, 0.1) is 0 Å². The minimum atomic E-state index is -0.365. The van der Waals surface area contributed by atoms with Crippen molar-refractivity contribution in [3.63, 3.8) is 0 Å². The Balaban J connectivity index is 2.34. The van der Waals surface area contributed by atoms with Gasteiger partial charge in [-0.25, -0.2) is 14.4 Å². The summed E-state index contributed by atoms with van der Waals surface area (Å²) in [6.45, 7) is 0. The van der Waals surface area contributed by atoms with Crippen LogP contribution in [-0.4, -0.2) is 9.97 Å². The number of benzene rings is 1. The van der Waals surface area contributed by atoms with Crippen LogP contribution in [0.15, 0.2) is 30.5 Å². The van der Waals surface area contributed by atoms with Gasteiger partial charge >= 0.3 is 0 Å². The molecule has 0 spiro atoms. The van der Waals surface area contributed by atoms with E-state index in [0.29, 0.717) is 21.6 Å². The van der Waals surface area contributed by atoms with E-state index >= 15 is 0 Å². The second kappa shape index (κ2) is 4.76. The number of hydrogen-bond donors (Lipinski definition) is 0. The summed E-state index contributed by atoms with van der Waals surface area (Å²) in [5, 5.41) is 0.695. The molecule has 0 N–H and O–H groups in total. The molecule has 16 heavy (non-hydrogen) atoms.